The van der Waals surface area contributed by atoms with Crippen molar-refractivity contribution in [2.45, 2.75) is 74.0 Å². The number of hydrogen-bond acceptors (Lipinski definition) is 22. The Balaban J connectivity index is 0.826. The number of carbonyl (C=O) groups excluding carboxylic acids is 3. The molecule has 0 saturated carbocycles. The summed E-state index contributed by atoms with van der Waals surface area (Å²) < 4.78 is 81.5. The van der Waals surface area contributed by atoms with Crippen molar-refractivity contribution in [3.05, 3.63) is 12.7 Å². The lowest BCUT2D eigenvalue weighted by Gasteiger charge is -2.20. The van der Waals surface area contributed by atoms with Gasteiger partial charge in [0.15, 0.2) is 17.7 Å². The van der Waals surface area contributed by atoms with Crippen LogP contribution in [0, 0.1) is 0 Å². The minimum absolute atomic E-state index is 0.00571. The molecule has 63 heavy (non-hydrogen) atoms. The number of imidazole rings is 1. The number of thioether (sulfide) groups is 1. The van der Waals surface area contributed by atoms with Gasteiger partial charge in [-0.15, -0.1) is 0 Å². The summed E-state index contributed by atoms with van der Waals surface area (Å²) >= 11 is 1.85. The Hall–Kier alpha value is -2.92. The van der Waals surface area contributed by atoms with E-state index in [4.69, 9.17) is 29.4 Å². The molecule has 3 aliphatic rings. The van der Waals surface area contributed by atoms with Gasteiger partial charge in [-0.3, -0.25) is 23.6 Å². The summed E-state index contributed by atoms with van der Waals surface area (Å²) in [5.74, 6) is -0.530. The van der Waals surface area contributed by atoms with Crippen molar-refractivity contribution < 1.29 is 94.3 Å². The number of carbonyl (C=O) groups is 3. The summed E-state index contributed by atoms with van der Waals surface area (Å²) in [5.41, 5.74) is 6.02. The Labute approximate surface area is 363 Å². The SMILES string of the molecule is Nc1ncnc2c1ncn2[C@@H]1O[C@H](COP(=O)(O)OP(=O)(O)OP(=O)(O)OC(=O)CCOCCOCCOCCOCCNC(=O)CCCC[C@@H]2SC[C@@H]3NC(=O)N[C@@H]32)C(O)[C@@H]1O. The number of aliphatic hydroxyl groups excluding tert-OH is 2. The zero-order valence-electron chi connectivity index (χ0n) is 33.5. The van der Waals surface area contributed by atoms with Gasteiger partial charge >= 0.3 is 35.5 Å². The van der Waals surface area contributed by atoms with E-state index in [0.717, 1.165) is 31.3 Å². The maximum atomic E-state index is 12.4. The van der Waals surface area contributed by atoms with Gasteiger partial charge in [-0.2, -0.15) is 20.4 Å². The Morgan fingerprint density at radius 2 is 1.54 bits per heavy atom. The van der Waals surface area contributed by atoms with Crippen LogP contribution in [0.3, 0.4) is 0 Å². The summed E-state index contributed by atoms with van der Waals surface area (Å²) in [6.07, 6.45) is -1.56. The average molecular weight is 981 g/mol. The monoisotopic (exact) mass is 980 g/mol. The molecule has 3 amide bonds. The van der Waals surface area contributed by atoms with Crippen molar-refractivity contribution in [1.29, 1.82) is 0 Å². The molecule has 2 aromatic rings. The van der Waals surface area contributed by atoms with Crippen molar-refractivity contribution in [3.8, 4) is 0 Å². The average Bonchev–Trinajstić information content (AvgIpc) is 3.96. The summed E-state index contributed by atoms with van der Waals surface area (Å²) in [6, 6.07) is 0.250. The number of phosphoric ester groups is 2. The summed E-state index contributed by atoms with van der Waals surface area (Å²) in [5, 5.41) is 30.0. The van der Waals surface area contributed by atoms with Gasteiger partial charge in [-0.05, 0) is 12.8 Å². The molecule has 0 aromatic carbocycles. The lowest BCUT2D eigenvalue weighted by atomic mass is 10.0. The standard InChI is InChI=1S/C31H51N8O20P3S/c32-28-25-29(35-17-34-28)39(18-36-25)30-27(43)26(42)20(56-30)15-55-60(45,46)58-62(49,50)59-61(47,48)57-23(41)5-7-51-9-11-53-13-14-54-12-10-52-8-6-33-22(40)4-2-1-3-21-24-19(16-63-21)37-31(44)38-24/h17-21,24,26-27,30,42-43H,1-16H2,(H,33,40)(H,45,46)(H,47,48)(H,49,50)(H2,32,34,35)(H2,37,38,44)/t19-,20+,21-,24-,26?,27-,30+/m0/s1. The molecule has 0 bridgehead atoms. The highest BCUT2D eigenvalue weighted by atomic mass is 32.2. The quantitative estimate of drug-likeness (QED) is 0.0274. The summed E-state index contributed by atoms with van der Waals surface area (Å²) in [7, 11) is -17.3. The zero-order chi connectivity index (χ0) is 45.6. The minimum atomic E-state index is -5.95. The first-order valence-electron chi connectivity index (χ1n) is 19.4. The molecule has 10 N–H and O–H groups in total. The fourth-order valence-corrected chi connectivity index (χ4v) is 11.4. The largest absolute Gasteiger partial charge is 0.538 e. The highest BCUT2D eigenvalue weighted by Gasteiger charge is 2.48. The summed E-state index contributed by atoms with van der Waals surface area (Å²) in [6.45, 7) is 0.519. The number of nitrogens with two attached hydrogens (primary N) is 1. The van der Waals surface area contributed by atoms with Crippen LogP contribution in [0.5, 0.6) is 0 Å². The molecular formula is C31H51N8O20P3S. The number of aromatic nitrogens is 4. The van der Waals surface area contributed by atoms with E-state index < -0.39 is 67.0 Å². The number of amides is 3. The van der Waals surface area contributed by atoms with Crippen LogP contribution in [-0.4, -0.2) is 170 Å². The van der Waals surface area contributed by atoms with Crippen LogP contribution in [0.25, 0.3) is 11.2 Å². The van der Waals surface area contributed by atoms with E-state index in [2.05, 4.69) is 48.6 Å². The number of nitrogen functional groups attached to an aromatic ring is 1. The van der Waals surface area contributed by atoms with E-state index >= 15 is 0 Å². The molecule has 0 spiro atoms. The van der Waals surface area contributed by atoms with Crippen LogP contribution in [0.2, 0.25) is 0 Å². The first kappa shape index (κ1) is 51.1. The molecule has 32 heteroatoms. The summed E-state index contributed by atoms with van der Waals surface area (Å²) in [4.78, 5) is 76.8. The Morgan fingerprint density at radius 3 is 2.25 bits per heavy atom. The van der Waals surface area contributed by atoms with Gasteiger partial charge in [0, 0.05) is 24.0 Å². The van der Waals surface area contributed by atoms with Crippen LogP contribution in [0.15, 0.2) is 12.7 Å². The van der Waals surface area contributed by atoms with Gasteiger partial charge in [0.05, 0.1) is 84.3 Å². The van der Waals surface area contributed by atoms with Crippen LogP contribution < -0.4 is 21.7 Å². The molecule has 3 aliphatic heterocycles. The number of anilines is 1. The lowest BCUT2D eigenvalue weighted by molar-refractivity contribution is -0.137. The third-order valence-corrected chi connectivity index (χ3v) is 15.0. The highest BCUT2D eigenvalue weighted by Crippen LogP contribution is 2.67. The molecule has 4 unspecified atom stereocenters. The van der Waals surface area contributed by atoms with E-state index in [1.54, 1.807) is 0 Å². The number of fused-ring (bicyclic) bond motifs is 2. The van der Waals surface area contributed by atoms with Gasteiger partial charge in [-0.25, -0.2) is 33.4 Å². The molecule has 28 nitrogen and oxygen atoms in total. The topological polar surface area (TPSA) is 392 Å². The van der Waals surface area contributed by atoms with E-state index in [1.807, 2.05) is 11.8 Å². The molecule has 3 fully saturated rings. The van der Waals surface area contributed by atoms with Crippen LogP contribution >= 0.6 is 35.2 Å². The number of unbranched alkanes of at least 4 members (excludes halogenated alkanes) is 1. The Morgan fingerprint density at radius 1 is 0.873 bits per heavy atom. The first-order valence-corrected chi connectivity index (χ1v) is 25.0. The molecule has 2 aromatic heterocycles. The Bertz CT molecular complexity index is 1990. The number of ether oxygens (including phenoxy) is 5. The highest BCUT2D eigenvalue weighted by molar-refractivity contribution is 8.00. The molecular weight excluding hydrogens is 929 g/mol. The van der Waals surface area contributed by atoms with E-state index in [-0.39, 0.29) is 74.0 Å². The van der Waals surface area contributed by atoms with Gasteiger partial charge < -0.3 is 69.9 Å². The molecule has 10 atom stereocenters. The second-order valence-electron chi connectivity index (χ2n) is 13.9. The molecule has 5 rings (SSSR count). The third kappa shape index (κ3) is 16.2. The minimum Gasteiger partial charge on any atom is -0.387 e. The van der Waals surface area contributed by atoms with Crippen molar-refractivity contribution in [2.75, 3.05) is 77.5 Å². The fourth-order valence-electron chi connectivity index (χ4n) is 6.35. The lowest BCUT2D eigenvalue weighted by Crippen LogP contribution is -2.36. The third-order valence-electron chi connectivity index (χ3n) is 9.25. The maximum absolute atomic E-state index is 12.4. The van der Waals surface area contributed by atoms with Gasteiger partial charge in [0.1, 0.15) is 30.2 Å². The number of nitrogens with zero attached hydrogens (tertiary/aromatic N) is 4. The number of hydrogen-bond donors (Lipinski definition) is 9. The van der Waals surface area contributed by atoms with Gasteiger partial charge in [-0.1, -0.05) is 6.42 Å². The molecule has 0 radical (unpaired) electrons. The number of rotatable bonds is 29. The molecule has 3 saturated heterocycles. The molecule has 5 heterocycles. The normalized spacial score (nSPS) is 26.0. The van der Waals surface area contributed by atoms with Gasteiger partial charge in [0.25, 0.3) is 0 Å². The number of phosphoric acid groups is 3. The number of urea groups is 1. The first-order chi connectivity index (χ1) is 29.9. The van der Waals surface area contributed by atoms with Crippen LogP contribution in [0.4, 0.5) is 10.6 Å². The molecule has 356 valence electrons. The second kappa shape index (κ2) is 24.0. The fraction of sp³-hybridized carbons (Fsp3) is 0.742. The van der Waals surface area contributed by atoms with E-state index in [0.29, 0.717) is 38.0 Å². The van der Waals surface area contributed by atoms with E-state index in [1.165, 1.54) is 10.9 Å². The maximum Gasteiger partial charge on any atom is 0.538 e. The molecule has 0 aliphatic carbocycles. The smallest absolute Gasteiger partial charge is 0.387 e. The predicted molar refractivity (Wildman–Crippen MR) is 214 cm³/mol. The van der Waals surface area contributed by atoms with Crippen molar-refractivity contribution in [1.82, 2.24) is 35.5 Å². The predicted octanol–water partition coefficient (Wildman–Crippen LogP) is -0.780. The van der Waals surface area contributed by atoms with E-state index in [9.17, 15) is 53.0 Å². The van der Waals surface area contributed by atoms with Gasteiger partial charge in [0.2, 0.25) is 5.91 Å². The van der Waals surface area contributed by atoms with Crippen LogP contribution in [0.1, 0.15) is 38.3 Å². The number of aliphatic hydroxyl groups is 2. The Kier molecular flexibility index (Phi) is 19.5. The van der Waals surface area contributed by atoms with Crippen molar-refractivity contribution >= 4 is 70.1 Å². The second-order valence-corrected chi connectivity index (χ2v) is 19.7. The van der Waals surface area contributed by atoms with Crippen molar-refractivity contribution in [2.24, 2.45) is 0 Å². The van der Waals surface area contributed by atoms with Crippen molar-refractivity contribution in [3.63, 3.8) is 0 Å². The zero-order valence-corrected chi connectivity index (χ0v) is 37.0. The van der Waals surface area contributed by atoms with Crippen LogP contribution in [-0.2, 0) is 64.6 Å². The number of nitrogens with one attached hydrogen (secondary N) is 3.